The lowest BCUT2D eigenvalue weighted by Crippen LogP contribution is -2.14. The fourth-order valence-electron chi connectivity index (χ4n) is 7.14. The minimum Gasteiger partial charge on any atom is -0.461 e. The second-order valence-corrected chi connectivity index (χ2v) is 24.3. The highest BCUT2D eigenvalue weighted by atomic mass is 32.1. The summed E-state index contributed by atoms with van der Waals surface area (Å²) in [6, 6.07) is 14.3. The van der Waals surface area contributed by atoms with Crippen LogP contribution in [0, 0.1) is 23.6 Å². The fraction of sp³-hybridized carbons (Fsp3) is 0.468. The van der Waals surface area contributed by atoms with E-state index in [1.165, 1.54) is 67.0 Å². The molecule has 0 saturated heterocycles. The maximum absolute atomic E-state index is 16.7. The van der Waals surface area contributed by atoms with Crippen LogP contribution in [0.4, 0.5) is 4.39 Å². The van der Waals surface area contributed by atoms with Crippen LogP contribution in [0.3, 0.4) is 0 Å². The molecule has 6 heterocycles. The minimum absolute atomic E-state index is 0.0512. The maximum Gasteiger partial charge on any atom is 0.351 e. The summed E-state index contributed by atoms with van der Waals surface area (Å²) in [6.45, 7) is 27.0. The van der Waals surface area contributed by atoms with Crippen molar-refractivity contribution in [3.63, 3.8) is 0 Å². The van der Waals surface area contributed by atoms with Gasteiger partial charge in [-0.1, -0.05) is 83.1 Å². The number of thiophene rings is 6. The average Bonchev–Trinajstić information content (AvgIpc) is 3.98. The third kappa shape index (κ3) is 7.75. The van der Waals surface area contributed by atoms with E-state index in [0.717, 1.165) is 45.0 Å². The number of benzene rings is 1. The molecule has 6 aromatic heterocycles. The SMILES string of the molecule is CCC(C)(C)c1cc2c(-c3ccc(CC(C)C)s3)c3sc(-c4sc(C(C)(C)CC)c5c(F)c(C(=O)OCC(C)C)sc45)cc3c(-c3ccc(CC(C)C)s3)c2s1. The highest BCUT2D eigenvalue weighted by molar-refractivity contribution is 7.32. The molecule has 9 heteroatoms. The van der Waals surface area contributed by atoms with Crippen LogP contribution < -0.4 is 0 Å². The molecule has 7 rings (SSSR count). The number of rotatable bonds is 14. The van der Waals surface area contributed by atoms with E-state index < -0.39 is 11.8 Å². The normalized spacial score (nSPS) is 12.9. The van der Waals surface area contributed by atoms with Crippen molar-refractivity contribution >= 4 is 104 Å². The van der Waals surface area contributed by atoms with Crippen molar-refractivity contribution in [2.24, 2.45) is 17.8 Å². The van der Waals surface area contributed by atoms with E-state index >= 15 is 4.39 Å². The Morgan fingerprint density at radius 1 is 0.661 bits per heavy atom. The third-order valence-electron chi connectivity index (χ3n) is 11.0. The Morgan fingerprint density at radius 3 is 1.75 bits per heavy atom. The summed E-state index contributed by atoms with van der Waals surface area (Å²) in [7, 11) is 0. The van der Waals surface area contributed by atoms with Crippen LogP contribution in [0.15, 0.2) is 36.4 Å². The Labute approximate surface area is 356 Å². The van der Waals surface area contributed by atoms with Gasteiger partial charge < -0.3 is 4.74 Å². The quantitative estimate of drug-likeness (QED) is 0.102. The highest BCUT2D eigenvalue weighted by Crippen LogP contribution is 2.57. The summed E-state index contributed by atoms with van der Waals surface area (Å²) >= 11 is 10.6. The van der Waals surface area contributed by atoms with E-state index in [2.05, 4.69) is 106 Å². The molecule has 1 aromatic carbocycles. The van der Waals surface area contributed by atoms with Crippen molar-refractivity contribution in [2.75, 3.05) is 6.61 Å². The monoisotopic (exact) mass is 862 g/mol. The summed E-state index contributed by atoms with van der Waals surface area (Å²) in [5, 5.41) is 3.19. The number of ether oxygens (including phenoxy) is 1. The van der Waals surface area contributed by atoms with Crippen LogP contribution in [-0.2, 0) is 28.4 Å². The first kappa shape index (κ1) is 41.7. The van der Waals surface area contributed by atoms with Crippen LogP contribution >= 0.6 is 68.0 Å². The van der Waals surface area contributed by atoms with Crippen LogP contribution in [0.1, 0.15) is 125 Å². The zero-order chi connectivity index (χ0) is 40.4. The number of fused-ring (bicyclic) bond motifs is 3. The average molecular weight is 863 g/mol. The van der Waals surface area contributed by atoms with Crippen LogP contribution in [0.5, 0.6) is 0 Å². The zero-order valence-electron chi connectivity index (χ0n) is 34.9. The molecule has 0 unspecified atom stereocenters. The third-order valence-corrected chi connectivity index (χ3v) is 18.9. The number of carbonyl (C=O) groups excluding carboxylic acids is 1. The van der Waals surface area contributed by atoms with Gasteiger partial charge in [-0.05, 0) is 90.7 Å². The second kappa shape index (κ2) is 16.0. The van der Waals surface area contributed by atoms with Gasteiger partial charge in [0.05, 0.1) is 16.2 Å². The summed E-state index contributed by atoms with van der Waals surface area (Å²) in [5.74, 6) is 0.333. The number of esters is 1. The molecule has 56 heavy (non-hydrogen) atoms. The van der Waals surface area contributed by atoms with Gasteiger partial charge in [-0.15, -0.1) is 68.0 Å². The summed E-state index contributed by atoms with van der Waals surface area (Å²) < 4.78 is 25.8. The summed E-state index contributed by atoms with van der Waals surface area (Å²) in [5.41, 5.74) is 2.42. The lowest BCUT2D eigenvalue weighted by Gasteiger charge is -2.21. The van der Waals surface area contributed by atoms with Crippen molar-refractivity contribution in [2.45, 2.75) is 120 Å². The summed E-state index contributed by atoms with van der Waals surface area (Å²) in [4.78, 5) is 23.5. The van der Waals surface area contributed by atoms with Crippen molar-refractivity contribution < 1.29 is 13.9 Å². The van der Waals surface area contributed by atoms with Crippen molar-refractivity contribution in [1.29, 1.82) is 0 Å². The van der Waals surface area contributed by atoms with E-state index in [1.54, 1.807) is 11.3 Å². The number of hydrogen-bond acceptors (Lipinski definition) is 8. The molecule has 0 N–H and O–H groups in total. The van der Waals surface area contributed by atoms with E-state index in [1.807, 2.05) is 59.2 Å². The molecule has 0 saturated carbocycles. The van der Waals surface area contributed by atoms with Gasteiger partial charge in [-0.2, -0.15) is 0 Å². The molecule has 0 bridgehead atoms. The lowest BCUT2D eigenvalue weighted by atomic mass is 9.87. The molecule has 0 aliphatic rings. The van der Waals surface area contributed by atoms with Gasteiger partial charge in [0, 0.05) is 70.8 Å². The van der Waals surface area contributed by atoms with E-state index in [-0.39, 0.29) is 28.2 Å². The molecule has 0 fully saturated rings. The Hall–Kier alpha value is -2.40. The standard InChI is InChI=1S/C47H55FO2S6/c1-13-46(9,10)34-22-30-36(32-18-16-28(52-32)20-25(5)6)39-29(35(40(30)54-34)31-17-15-27(51-31)19-24(3)4)21-33(53-39)41-42-37(44(56-41)47(11,12)14-2)38(48)43(55-42)45(49)50-23-26(7)8/h15-18,21-22,24-26H,13-14,19-20,23H2,1-12H3. The first-order valence-electron chi connectivity index (χ1n) is 20.1. The fourth-order valence-corrected chi connectivity index (χ4v) is 15.4. The molecule has 0 atom stereocenters. The summed E-state index contributed by atoms with van der Waals surface area (Å²) in [6.07, 6.45) is 4.04. The van der Waals surface area contributed by atoms with E-state index in [4.69, 9.17) is 4.74 Å². The first-order valence-corrected chi connectivity index (χ1v) is 25.0. The Balaban J connectivity index is 1.56. The predicted octanol–water partition coefficient (Wildman–Crippen LogP) is 17.2. The molecule has 0 aliphatic carbocycles. The molecule has 0 amide bonds. The smallest absolute Gasteiger partial charge is 0.351 e. The molecular weight excluding hydrogens is 808 g/mol. The van der Waals surface area contributed by atoms with Crippen molar-refractivity contribution in [3.8, 4) is 30.6 Å². The van der Waals surface area contributed by atoms with E-state index in [0.29, 0.717) is 17.2 Å². The molecule has 2 nitrogen and oxygen atoms in total. The van der Waals surface area contributed by atoms with Gasteiger partial charge in [-0.25, -0.2) is 9.18 Å². The number of carbonyl (C=O) groups is 1. The van der Waals surface area contributed by atoms with Crippen LogP contribution in [0.2, 0.25) is 0 Å². The second-order valence-electron chi connectivity index (χ2n) is 17.9. The molecule has 0 spiro atoms. The lowest BCUT2D eigenvalue weighted by molar-refractivity contribution is 0.0460. The minimum atomic E-state index is -0.564. The zero-order valence-corrected chi connectivity index (χ0v) is 39.8. The topological polar surface area (TPSA) is 26.3 Å². The molecule has 0 radical (unpaired) electrons. The Morgan fingerprint density at radius 2 is 1.21 bits per heavy atom. The highest BCUT2D eigenvalue weighted by Gasteiger charge is 2.34. The first-order chi connectivity index (χ1) is 26.4. The molecule has 298 valence electrons. The van der Waals surface area contributed by atoms with Gasteiger partial charge in [0.25, 0.3) is 0 Å². The predicted molar refractivity (Wildman–Crippen MR) is 251 cm³/mol. The van der Waals surface area contributed by atoms with Gasteiger partial charge >= 0.3 is 5.97 Å². The van der Waals surface area contributed by atoms with Crippen molar-refractivity contribution in [1.82, 2.24) is 0 Å². The molecular formula is C47H55FO2S6. The van der Waals surface area contributed by atoms with E-state index in [9.17, 15) is 4.79 Å². The van der Waals surface area contributed by atoms with Gasteiger partial charge in [0.2, 0.25) is 0 Å². The Kier molecular flexibility index (Phi) is 11.9. The van der Waals surface area contributed by atoms with Gasteiger partial charge in [0.1, 0.15) is 4.88 Å². The largest absolute Gasteiger partial charge is 0.461 e. The Bertz CT molecular complexity index is 2430. The molecule has 7 aromatic rings. The van der Waals surface area contributed by atoms with Crippen LogP contribution in [0.25, 0.3) is 60.9 Å². The maximum atomic E-state index is 16.7. The number of hydrogen-bond donors (Lipinski definition) is 0. The van der Waals surface area contributed by atoms with Gasteiger partial charge in [0.15, 0.2) is 5.82 Å². The van der Waals surface area contributed by atoms with Crippen molar-refractivity contribution in [3.05, 3.63) is 66.6 Å². The van der Waals surface area contributed by atoms with Gasteiger partial charge in [-0.3, -0.25) is 0 Å². The van der Waals surface area contributed by atoms with Crippen LogP contribution in [-0.4, -0.2) is 12.6 Å². The number of halogens is 1. The molecule has 0 aliphatic heterocycles.